The smallest absolute Gasteiger partial charge is 0.327 e. The number of carboxylic acid groups (broad SMARTS) is 1. The Hall–Kier alpha value is -0.400. The minimum Gasteiger partial charge on any atom is -0.480 e. The van der Waals surface area contributed by atoms with Crippen molar-refractivity contribution in [2.24, 2.45) is 0 Å². The van der Waals surface area contributed by atoms with Gasteiger partial charge in [-0.25, -0.2) is 4.79 Å². The number of hydrogen-bond donors (Lipinski definition) is 2. The van der Waals surface area contributed by atoms with Crippen LogP contribution >= 0.6 is 23.5 Å². The van der Waals surface area contributed by atoms with Gasteiger partial charge in [0.15, 0.2) is 0 Å². The molecule has 2 N–H and O–H groups in total. The molecule has 2 heterocycles. The fourth-order valence-corrected chi connectivity index (χ4v) is 4.75. The van der Waals surface area contributed by atoms with Gasteiger partial charge in [0, 0.05) is 11.5 Å². The van der Waals surface area contributed by atoms with E-state index in [1.54, 1.807) is 16.7 Å². The van der Waals surface area contributed by atoms with Crippen molar-refractivity contribution in [2.45, 2.75) is 49.5 Å². The number of carboxylic acids is 1. The number of amides is 1. The first kappa shape index (κ1) is 15.0. The molecule has 2 atom stereocenters. The minimum atomic E-state index is -0.920. The van der Waals surface area contributed by atoms with Crippen LogP contribution in [0.4, 0.5) is 0 Å². The lowest BCUT2D eigenvalue weighted by atomic mass is 10.1. The molecule has 0 unspecified atom stereocenters. The van der Waals surface area contributed by atoms with Crippen LogP contribution in [0.25, 0.3) is 0 Å². The van der Waals surface area contributed by atoms with E-state index in [4.69, 9.17) is 0 Å². The molecule has 108 valence electrons. The van der Waals surface area contributed by atoms with Crippen molar-refractivity contribution in [1.82, 2.24) is 10.2 Å². The van der Waals surface area contributed by atoms with Crippen LogP contribution in [0.3, 0.4) is 0 Å². The zero-order chi connectivity index (χ0) is 14.4. The number of nitrogens with one attached hydrogen (secondary N) is 1. The van der Waals surface area contributed by atoms with Gasteiger partial charge in [0.1, 0.15) is 6.04 Å². The van der Waals surface area contributed by atoms with Crippen molar-refractivity contribution >= 4 is 35.4 Å². The van der Waals surface area contributed by atoms with Gasteiger partial charge < -0.3 is 10.0 Å². The van der Waals surface area contributed by atoms with E-state index >= 15 is 0 Å². The summed E-state index contributed by atoms with van der Waals surface area (Å²) < 4.78 is 0. The van der Waals surface area contributed by atoms with Crippen molar-refractivity contribution < 1.29 is 14.7 Å². The van der Waals surface area contributed by atoms with Crippen LogP contribution in [0, 0.1) is 0 Å². The van der Waals surface area contributed by atoms with Crippen LogP contribution in [-0.2, 0) is 9.59 Å². The maximum atomic E-state index is 12.6. The highest BCUT2D eigenvalue weighted by molar-refractivity contribution is 8.01. The summed E-state index contributed by atoms with van der Waals surface area (Å²) in [6, 6.07) is -1.01. The second-order valence-electron chi connectivity index (χ2n) is 5.84. The van der Waals surface area contributed by atoms with Crippen molar-refractivity contribution in [3.05, 3.63) is 0 Å². The summed E-state index contributed by atoms with van der Waals surface area (Å²) in [6.45, 7) is 7.88. The Labute approximate surface area is 121 Å². The van der Waals surface area contributed by atoms with Gasteiger partial charge in [-0.2, -0.15) is 0 Å². The molecular formula is C12H20N2O3S2. The average molecular weight is 304 g/mol. The normalized spacial score (nSPS) is 32.5. The lowest BCUT2D eigenvalue weighted by Gasteiger charge is -2.35. The molecule has 5 nitrogen and oxygen atoms in total. The number of rotatable bonds is 2. The maximum absolute atomic E-state index is 12.6. The molecule has 0 aliphatic carbocycles. The summed E-state index contributed by atoms with van der Waals surface area (Å²) in [4.78, 5) is 24.9. The summed E-state index contributed by atoms with van der Waals surface area (Å²) in [5.41, 5.74) is 0. The van der Waals surface area contributed by atoms with Crippen molar-refractivity contribution in [3.8, 4) is 0 Å². The molecule has 2 aliphatic heterocycles. The maximum Gasteiger partial charge on any atom is 0.327 e. The molecule has 7 heteroatoms. The molecule has 2 aliphatic rings. The van der Waals surface area contributed by atoms with Gasteiger partial charge in [-0.3, -0.25) is 10.1 Å². The third kappa shape index (κ3) is 2.87. The first-order valence-electron chi connectivity index (χ1n) is 6.26. The summed E-state index contributed by atoms with van der Waals surface area (Å²) in [6.07, 6.45) is 0. The highest BCUT2D eigenvalue weighted by Gasteiger charge is 2.49. The van der Waals surface area contributed by atoms with E-state index in [1.807, 2.05) is 27.7 Å². The topological polar surface area (TPSA) is 69.6 Å². The third-order valence-corrected chi connectivity index (χ3v) is 6.16. The first-order chi connectivity index (χ1) is 8.64. The highest BCUT2D eigenvalue weighted by atomic mass is 32.2. The molecular weight excluding hydrogens is 284 g/mol. The van der Waals surface area contributed by atoms with E-state index in [1.165, 1.54) is 11.8 Å². The number of aliphatic carboxylic acids is 1. The quantitative estimate of drug-likeness (QED) is 0.799. The Bertz CT molecular complexity index is 412. The summed E-state index contributed by atoms with van der Waals surface area (Å²) in [7, 11) is 0. The molecule has 2 rings (SSSR count). The largest absolute Gasteiger partial charge is 0.480 e. The lowest BCUT2D eigenvalue weighted by molar-refractivity contribution is -0.151. The number of nitrogens with zero attached hydrogens (tertiary/aromatic N) is 1. The zero-order valence-corrected chi connectivity index (χ0v) is 13.2. The van der Waals surface area contributed by atoms with E-state index in [0.29, 0.717) is 11.5 Å². The highest BCUT2D eigenvalue weighted by Crippen LogP contribution is 2.40. The number of carbonyl (C=O) groups excluding carboxylic acids is 1. The van der Waals surface area contributed by atoms with Crippen LogP contribution in [0.1, 0.15) is 27.7 Å². The SMILES string of the molecule is CC1(C)N[C@@H](C(=O)N2[C@H](C(=O)O)CSC2(C)C)CS1. The second kappa shape index (κ2) is 4.86. The van der Waals surface area contributed by atoms with Crippen LogP contribution in [-0.4, -0.2) is 55.2 Å². The van der Waals surface area contributed by atoms with Crippen molar-refractivity contribution in [1.29, 1.82) is 0 Å². The average Bonchev–Trinajstić information content (AvgIpc) is 2.77. The van der Waals surface area contributed by atoms with Crippen LogP contribution in [0.2, 0.25) is 0 Å². The number of carbonyl (C=O) groups is 2. The molecule has 0 spiro atoms. The van der Waals surface area contributed by atoms with E-state index in [0.717, 1.165) is 0 Å². The fourth-order valence-electron chi connectivity index (χ4n) is 2.50. The number of thioether (sulfide) groups is 2. The molecule has 0 aromatic rings. The molecule has 1 amide bonds. The predicted octanol–water partition coefficient (Wildman–Crippen LogP) is 1.19. The molecule has 2 fully saturated rings. The fraction of sp³-hybridized carbons (Fsp3) is 0.833. The van der Waals surface area contributed by atoms with Crippen LogP contribution in [0.15, 0.2) is 0 Å². The second-order valence-corrected chi connectivity index (χ2v) is 9.10. The van der Waals surface area contributed by atoms with E-state index in [-0.39, 0.29) is 16.8 Å². The monoisotopic (exact) mass is 304 g/mol. The predicted molar refractivity (Wildman–Crippen MR) is 78.3 cm³/mol. The van der Waals surface area contributed by atoms with Gasteiger partial charge in [0.25, 0.3) is 0 Å². The van der Waals surface area contributed by atoms with Gasteiger partial charge in [-0.05, 0) is 27.7 Å². The molecule has 0 saturated carbocycles. The minimum absolute atomic E-state index is 0.0968. The Morgan fingerprint density at radius 3 is 2.32 bits per heavy atom. The Balaban J connectivity index is 2.18. The van der Waals surface area contributed by atoms with Gasteiger partial charge in [0.2, 0.25) is 5.91 Å². The molecule has 19 heavy (non-hydrogen) atoms. The third-order valence-electron chi connectivity index (χ3n) is 3.44. The standard InChI is InChI=1S/C12H20N2O3S2/c1-11(2)13-7(5-18-11)9(15)14-8(10(16)17)6-19-12(14,3)4/h7-8,13H,5-6H2,1-4H3,(H,16,17)/t7-,8+/m1/s1. The Kier molecular flexibility index (Phi) is 3.83. The Morgan fingerprint density at radius 1 is 1.21 bits per heavy atom. The van der Waals surface area contributed by atoms with E-state index in [9.17, 15) is 14.7 Å². The van der Waals surface area contributed by atoms with Crippen molar-refractivity contribution in [2.75, 3.05) is 11.5 Å². The molecule has 2 saturated heterocycles. The summed E-state index contributed by atoms with van der Waals surface area (Å²) >= 11 is 3.21. The van der Waals surface area contributed by atoms with Gasteiger partial charge in [-0.15, -0.1) is 23.5 Å². The zero-order valence-electron chi connectivity index (χ0n) is 11.6. The Morgan fingerprint density at radius 2 is 1.84 bits per heavy atom. The molecule has 0 aromatic heterocycles. The van der Waals surface area contributed by atoms with Gasteiger partial charge in [0.05, 0.1) is 15.8 Å². The van der Waals surface area contributed by atoms with Gasteiger partial charge in [-0.1, -0.05) is 0 Å². The molecule has 0 radical (unpaired) electrons. The molecule has 0 aromatic carbocycles. The number of hydrogen-bond acceptors (Lipinski definition) is 5. The van der Waals surface area contributed by atoms with E-state index in [2.05, 4.69) is 5.32 Å². The summed E-state index contributed by atoms with van der Waals surface area (Å²) in [5, 5.41) is 12.6. The van der Waals surface area contributed by atoms with Crippen molar-refractivity contribution in [3.63, 3.8) is 0 Å². The molecule has 0 bridgehead atoms. The first-order valence-corrected chi connectivity index (χ1v) is 8.23. The van der Waals surface area contributed by atoms with Crippen LogP contribution < -0.4 is 5.32 Å². The lowest BCUT2D eigenvalue weighted by Crippen LogP contribution is -2.57. The van der Waals surface area contributed by atoms with Gasteiger partial charge >= 0.3 is 5.97 Å². The van der Waals surface area contributed by atoms with E-state index < -0.39 is 16.9 Å². The van der Waals surface area contributed by atoms with Crippen LogP contribution in [0.5, 0.6) is 0 Å². The summed E-state index contributed by atoms with van der Waals surface area (Å²) in [5.74, 6) is 0.129.